The average molecular weight is 261 g/mol. The van der Waals surface area contributed by atoms with Gasteiger partial charge in [-0.25, -0.2) is 0 Å². The molecule has 106 valence electrons. The molecule has 3 aliphatic carbocycles. The predicted molar refractivity (Wildman–Crippen MR) is 75.4 cm³/mol. The first kappa shape index (κ1) is 13.4. The number of nitriles is 1. The van der Waals surface area contributed by atoms with Crippen LogP contribution in [-0.2, 0) is 0 Å². The highest BCUT2D eigenvalue weighted by Gasteiger charge is 2.53. The summed E-state index contributed by atoms with van der Waals surface area (Å²) < 4.78 is 0. The van der Waals surface area contributed by atoms with Crippen LogP contribution in [0.1, 0.15) is 77.0 Å². The summed E-state index contributed by atoms with van der Waals surface area (Å²) in [7, 11) is 0. The second kappa shape index (κ2) is 5.09. The smallest absolute Gasteiger partial charge is 0.0860 e. The summed E-state index contributed by atoms with van der Waals surface area (Å²) in [6.45, 7) is 0. The first-order valence-electron chi connectivity index (χ1n) is 8.33. The third-order valence-corrected chi connectivity index (χ3v) is 6.12. The molecule has 3 saturated carbocycles. The van der Waals surface area contributed by atoms with Gasteiger partial charge in [0.2, 0.25) is 0 Å². The van der Waals surface area contributed by atoms with Crippen LogP contribution in [0.25, 0.3) is 0 Å². The Balaban J connectivity index is 1.81. The Labute approximate surface area is 117 Å². The zero-order valence-electron chi connectivity index (χ0n) is 12.0. The van der Waals surface area contributed by atoms with Crippen molar-refractivity contribution in [3.8, 4) is 6.07 Å². The van der Waals surface area contributed by atoms with Crippen LogP contribution in [0.15, 0.2) is 0 Å². The molecule has 1 N–H and O–H groups in total. The molecule has 0 aliphatic heterocycles. The Bertz CT molecular complexity index is 360. The van der Waals surface area contributed by atoms with Crippen molar-refractivity contribution >= 4 is 0 Å². The minimum absolute atomic E-state index is 0.433. The summed E-state index contributed by atoms with van der Waals surface area (Å²) in [4.78, 5) is 0. The highest BCUT2D eigenvalue weighted by Crippen LogP contribution is 2.54. The topological polar surface area (TPSA) is 44.0 Å². The van der Waals surface area contributed by atoms with Gasteiger partial charge in [0, 0.05) is 0 Å². The van der Waals surface area contributed by atoms with Crippen molar-refractivity contribution in [2.24, 2.45) is 17.3 Å². The van der Waals surface area contributed by atoms with Crippen LogP contribution < -0.4 is 0 Å². The van der Waals surface area contributed by atoms with Crippen molar-refractivity contribution in [2.75, 3.05) is 0 Å². The second-order valence-electron chi connectivity index (χ2n) is 7.33. The molecule has 2 nitrogen and oxygen atoms in total. The van der Waals surface area contributed by atoms with E-state index >= 15 is 0 Å². The molecule has 0 heterocycles. The summed E-state index contributed by atoms with van der Waals surface area (Å²) in [6, 6.07) is 2.60. The van der Waals surface area contributed by atoms with Gasteiger partial charge in [-0.1, -0.05) is 32.1 Å². The summed E-state index contributed by atoms with van der Waals surface area (Å²) in [5, 5.41) is 21.1. The fourth-order valence-corrected chi connectivity index (χ4v) is 4.71. The lowest BCUT2D eigenvalue weighted by Crippen LogP contribution is -2.50. The van der Waals surface area contributed by atoms with E-state index in [-0.39, 0.29) is 0 Å². The third kappa shape index (κ3) is 2.42. The number of hydrogen-bond donors (Lipinski definition) is 1. The molecule has 3 rings (SSSR count). The molecule has 0 aromatic carbocycles. The molecule has 0 aromatic heterocycles. The Morgan fingerprint density at radius 2 is 1.53 bits per heavy atom. The average Bonchev–Trinajstić information content (AvgIpc) is 3.26. The summed E-state index contributed by atoms with van der Waals surface area (Å²) >= 11 is 0. The third-order valence-electron chi connectivity index (χ3n) is 6.12. The molecule has 0 spiro atoms. The van der Waals surface area contributed by atoms with E-state index in [1.54, 1.807) is 0 Å². The van der Waals surface area contributed by atoms with Gasteiger partial charge in [-0.15, -0.1) is 0 Å². The highest BCUT2D eigenvalue weighted by molar-refractivity contribution is 5.14. The van der Waals surface area contributed by atoms with E-state index in [1.807, 2.05) is 0 Å². The van der Waals surface area contributed by atoms with Gasteiger partial charge >= 0.3 is 0 Å². The van der Waals surface area contributed by atoms with Crippen LogP contribution in [0.2, 0.25) is 0 Å². The van der Waals surface area contributed by atoms with Crippen LogP contribution in [0.5, 0.6) is 0 Å². The molecule has 2 atom stereocenters. The van der Waals surface area contributed by atoms with Gasteiger partial charge in [0.15, 0.2) is 0 Å². The van der Waals surface area contributed by atoms with Crippen molar-refractivity contribution in [1.29, 1.82) is 5.26 Å². The molecule has 3 aliphatic rings. The Hall–Kier alpha value is -0.550. The molecule has 0 bridgehead atoms. The Kier molecular flexibility index (Phi) is 3.60. The maximum Gasteiger partial charge on any atom is 0.0860 e. The van der Waals surface area contributed by atoms with E-state index in [0.717, 1.165) is 50.9 Å². The van der Waals surface area contributed by atoms with E-state index in [0.29, 0.717) is 5.92 Å². The van der Waals surface area contributed by atoms with Crippen LogP contribution in [0.4, 0.5) is 0 Å². The molecule has 2 heteroatoms. The van der Waals surface area contributed by atoms with Crippen molar-refractivity contribution in [3.05, 3.63) is 0 Å². The predicted octanol–water partition coefficient (Wildman–Crippen LogP) is 4.18. The first-order valence-corrected chi connectivity index (χ1v) is 8.33. The molecular formula is C17H27NO. The van der Waals surface area contributed by atoms with E-state index in [1.165, 1.54) is 32.1 Å². The van der Waals surface area contributed by atoms with Gasteiger partial charge in [-0.3, -0.25) is 0 Å². The number of nitrogens with zero attached hydrogens (tertiary/aromatic N) is 1. The van der Waals surface area contributed by atoms with Crippen LogP contribution in [-0.4, -0.2) is 10.7 Å². The monoisotopic (exact) mass is 261 g/mol. The molecule has 19 heavy (non-hydrogen) atoms. The van der Waals surface area contributed by atoms with E-state index in [9.17, 15) is 10.4 Å². The molecule has 0 saturated heterocycles. The van der Waals surface area contributed by atoms with E-state index < -0.39 is 11.0 Å². The maximum absolute atomic E-state index is 11.3. The van der Waals surface area contributed by atoms with E-state index in [4.69, 9.17) is 0 Å². The Morgan fingerprint density at radius 3 is 2.11 bits per heavy atom. The zero-order valence-corrected chi connectivity index (χ0v) is 12.0. The van der Waals surface area contributed by atoms with Gasteiger partial charge in [0.05, 0.1) is 17.1 Å². The largest absolute Gasteiger partial charge is 0.388 e. The lowest BCUT2D eigenvalue weighted by molar-refractivity contribution is -0.105. The minimum Gasteiger partial charge on any atom is -0.388 e. The van der Waals surface area contributed by atoms with Gasteiger partial charge < -0.3 is 5.11 Å². The zero-order chi connectivity index (χ0) is 13.3. The Morgan fingerprint density at radius 1 is 0.842 bits per heavy atom. The summed E-state index contributed by atoms with van der Waals surface area (Å²) in [6.07, 6.45) is 13.5. The van der Waals surface area contributed by atoms with E-state index in [2.05, 4.69) is 6.07 Å². The van der Waals surface area contributed by atoms with Gasteiger partial charge in [-0.05, 0) is 56.8 Å². The van der Waals surface area contributed by atoms with Crippen molar-refractivity contribution in [1.82, 2.24) is 0 Å². The van der Waals surface area contributed by atoms with Crippen LogP contribution in [0, 0.1) is 28.6 Å². The maximum atomic E-state index is 11.3. The quantitative estimate of drug-likeness (QED) is 0.758. The molecule has 0 radical (unpaired) electrons. The fraction of sp³-hybridized carbons (Fsp3) is 0.941. The standard InChI is InChI=1S/C17H27NO/c18-13-16(9-3-1-2-4-10-16)17(19)11-5-6-15(12-17)14-7-8-14/h14-15,19H,1-12H2. The summed E-state index contributed by atoms with van der Waals surface area (Å²) in [5.41, 5.74) is -1.12. The molecule has 2 unspecified atom stereocenters. The van der Waals surface area contributed by atoms with Crippen LogP contribution in [0.3, 0.4) is 0 Å². The van der Waals surface area contributed by atoms with Crippen molar-refractivity contribution in [3.63, 3.8) is 0 Å². The highest BCUT2D eigenvalue weighted by atomic mass is 16.3. The van der Waals surface area contributed by atoms with Crippen molar-refractivity contribution in [2.45, 2.75) is 82.7 Å². The van der Waals surface area contributed by atoms with Gasteiger partial charge in [0.1, 0.15) is 0 Å². The van der Waals surface area contributed by atoms with Gasteiger partial charge in [-0.2, -0.15) is 5.26 Å². The first-order chi connectivity index (χ1) is 9.19. The normalized spacial score (nSPS) is 39.3. The van der Waals surface area contributed by atoms with Crippen molar-refractivity contribution < 1.29 is 5.11 Å². The molecule has 3 fully saturated rings. The minimum atomic E-state index is -0.683. The van der Waals surface area contributed by atoms with Crippen LogP contribution >= 0.6 is 0 Å². The lowest BCUT2D eigenvalue weighted by Gasteiger charge is -2.47. The summed E-state index contributed by atoms with van der Waals surface area (Å²) in [5.74, 6) is 1.57. The fourth-order valence-electron chi connectivity index (χ4n) is 4.71. The number of aliphatic hydroxyl groups is 1. The lowest BCUT2D eigenvalue weighted by atomic mass is 9.59. The molecule has 0 aromatic rings. The molecule has 0 amide bonds. The molecular weight excluding hydrogens is 234 g/mol. The number of hydrogen-bond acceptors (Lipinski definition) is 2. The number of rotatable bonds is 2. The second-order valence-corrected chi connectivity index (χ2v) is 7.33. The van der Waals surface area contributed by atoms with Gasteiger partial charge in [0.25, 0.3) is 0 Å². The SMILES string of the molecule is N#CC1(C2(O)CCCC(C3CC3)C2)CCCCCC1.